The van der Waals surface area contributed by atoms with Gasteiger partial charge in [-0.3, -0.25) is 0 Å². The molecule has 0 aromatic heterocycles. The van der Waals surface area contributed by atoms with Crippen molar-refractivity contribution >= 4 is 0 Å². The fourth-order valence-corrected chi connectivity index (χ4v) is 1.57. The van der Waals surface area contributed by atoms with Gasteiger partial charge in [0.05, 0.1) is 13.2 Å². The molecule has 64 valence electrons. The maximum atomic E-state index is 8.80. The lowest BCUT2D eigenvalue weighted by Gasteiger charge is -2.22. The van der Waals surface area contributed by atoms with E-state index in [2.05, 4.69) is 0 Å². The lowest BCUT2D eigenvalue weighted by molar-refractivity contribution is -0.172. The van der Waals surface area contributed by atoms with Crippen LogP contribution in [0.5, 0.6) is 0 Å². The largest absolute Gasteiger partial charge is 0.394 e. The topological polar surface area (TPSA) is 38.7 Å². The fraction of sp³-hybridized carbons (Fsp3) is 1.00. The molecule has 3 heteroatoms. The van der Waals surface area contributed by atoms with E-state index in [-0.39, 0.29) is 18.5 Å². The van der Waals surface area contributed by atoms with Crippen LogP contribution in [0.3, 0.4) is 0 Å². The number of aliphatic hydroxyl groups excluding tert-OH is 1. The van der Waals surface area contributed by atoms with Gasteiger partial charge in [0.25, 0.3) is 0 Å². The van der Waals surface area contributed by atoms with Gasteiger partial charge in [-0.1, -0.05) is 0 Å². The van der Waals surface area contributed by atoms with Gasteiger partial charge in [0.15, 0.2) is 5.79 Å². The molecule has 2 unspecified atom stereocenters. The smallest absolute Gasteiger partial charge is 0.169 e. The molecule has 11 heavy (non-hydrogen) atoms. The first-order valence-corrected chi connectivity index (χ1v) is 4.17. The molecule has 1 saturated carbocycles. The van der Waals surface area contributed by atoms with Crippen molar-refractivity contribution in [3.05, 3.63) is 0 Å². The minimum Gasteiger partial charge on any atom is -0.394 e. The highest BCUT2D eigenvalue weighted by molar-refractivity contribution is 4.90. The van der Waals surface area contributed by atoms with Crippen LogP contribution in [-0.2, 0) is 9.47 Å². The van der Waals surface area contributed by atoms with Gasteiger partial charge >= 0.3 is 0 Å². The molecule has 1 saturated heterocycles. The first kappa shape index (κ1) is 7.53. The first-order chi connectivity index (χ1) is 5.24. The Bertz CT molecular complexity index is 155. The summed E-state index contributed by atoms with van der Waals surface area (Å²) < 4.78 is 11.0. The maximum absolute atomic E-state index is 8.80. The van der Waals surface area contributed by atoms with Crippen molar-refractivity contribution in [1.29, 1.82) is 0 Å². The van der Waals surface area contributed by atoms with Crippen molar-refractivity contribution < 1.29 is 14.6 Å². The molecule has 1 aliphatic heterocycles. The highest BCUT2D eigenvalue weighted by Gasteiger charge is 2.48. The van der Waals surface area contributed by atoms with E-state index in [9.17, 15) is 0 Å². The van der Waals surface area contributed by atoms with Crippen LogP contribution in [-0.4, -0.2) is 30.2 Å². The van der Waals surface area contributed by atoms with Crippen LogP contribution in [0.15, 0.2) is 0 Å². The van der Waals surface area contributed by atoms with Gasteiger partial charge in [-0.25, -0.2) is 0 Å². The van der Waals surface area contributed by atoms with Crippen LogP contribution in [0, 0.1) is 5.92 Å². The minimum absolute atomic E-state index is 0.0717. The zero-order chi connectivity index (χ0) is 7.90. The molecule has 2 atom stereocenters. The number of rotatable bonds is 2. The predicted molar refractivity (Wildman–Crippen MR) is 39.0 cm³/mol. The second kappa shape index (κ2) is 2.44. The summed E-state index contributed by atoms with van der Waals surface area (Å²) in [5.41, 5.74) is 0. The van der Waals surface area contributed by atoms with E-state index in [1.54, 1.807) is 0 Å². The molecule has 0 amide bonds. The number of hydrogen-bond acceptors (Lipinski definition) is 3. The molecule has 1 aliphatic carbocycles. The first-order valence-electron chi connectivity index (χ1n) is 4.17. The average Bonchev–Trinajstić information content (AvgIpc) is 2.77. The summed E-state index contributed by atoms with van der Waals surface area (Å²) in [7, 11) is 0. The zero-order valence-corrected chi connectivity index (χ0v) is 6.75. The van der Waals surface area contributed by atoms with Crippen molar-refractivity contribution in [1.82, 2.24) is 0 Å². The number of ether oxygens (including phenoxy) is 2. The van der Waals surface area contributed by atoms with Crippen LogP contribution in [0.25, 0.3) is 0 Å². The molecular weight excluding hydrogens is 144 g/mol. The monoisotopic (exact) mass is 158 g/mol. The summed E-state index contributed by atoms with van der Waals surface area (Å²) in [5, 5.41) is 8.80. The van der Waals surface area contributed by atoms with Crippen LogP contribution >= 0.6 is 0 Å². The summed E-state index contributed by atoms with van der Waals surface area (Å²) in [6.45, 7) is 2.59. The van der Waals surface area contributed by atoms with Crippen molar-refractivity contribution in [3.63, 3.8) is 0 Å². The predicted octanol–water partition coefficient (Wildman–Crippen LogP) is 0.520. The molecule has 1 heterocycles. The van der Waals surface area contributed by atoms with E-state index in [0.717, 1.165) is 0 Å². The van der Waals surface area contributed by atoms with Gasteiger partial charge in [-0.2, -0.15) is 0 Å². The second-order valence-electron chi connectivity index (χ2n) is 3.52. The molecule has 0 aromatic rings. The Morgan fingerprint density at radius 2 is 2.27 bits per heavy atom. The van der Waals surface area contributed by atoms with E-state index < -0.39 is 0 Å². The van der Waals surface area contributed by atoms with Gasteiger partial charge in [0.1, 0.15) is 6.10 Å². The van der Waals surface area contributed by atoms with Crippen LogP contribution in [0.4, 0.5) is 0 Å². The molecule has 1 N–H and O–H groups in total. The third-order valence-electron chi connectivity index (χ3n) is 2.48. The Kier molecular flexibility index (Phi) is 1.67. The van der Waals surface area contributed by atoms with E-state index in [1.165, 1.54) is 12.8 Å². The maximum Gasteiger partial charge on any atom is 0.169 e. The van der Waals surface area contributed by atoms with Gasteiger partial charge in [0.2, 0.25) is 0 Å². The summed E-state index contributed by atoms with van der Waals surface area (Å²) in [6, 6.07) is 0. The Morgan fingerprint density at radius 1 is 1.55 bits per heavy atom. The Morgan fingerprint density at radius 3 is 2.73 bits per heavy atom. The standard InChI is InChI=1S/C8H14O3/c1-8(6-2-3-6)10-5-7(4-9)11-8/h6-7,9H,2-5H2,1H3. The highest BCUT2D eigenvalue weighted by atomic mass is 16.7. The molecule has 0 aromatic carbocycles. The number of aliphatic hydroxyl groups is 1. The molecule has 2 aliphatic rings. The SMILES string of the molecule is CC1(C2CC2)OCC(CO)O1. The lowest BCUT2D eigenvalue weighted by Crippen LogP contribution is -2.29. The van der Waals surface area contributed by atoms with Crippen molar-refractivity contribution in [2.24, 2.45) is 5.92 Å². The Balaban J connectivity index is 1.95. The third-order valence-corrected chi connectivity index (χ3v) is 2.48. The minimum atomic E-state index is -0.382. The van der Waals surface area contributed by atoms with Crippen molar-refractivity contribution in [2.75, 3.05) is 13.2 Å². The molecule has 0 bridgehead atoms. The van der Waals surface area contributed by atoms with Gasteiger partial charge in [0, 0.05) is 5.92 Å². The van der Waals surface area contributed by atoms with E-state index >= 15 is 0 Å². The van der Waals surface area contributed by atoms with Crippen molar-refractivity contribution in [2.45, 2.75) is 31.7 Å². The summed E-state index contributed by atoms with van der Waals surface area (Å²) in [5.74, 6) is 0.187. The second-order valence-corrected chi connectivity index (χ2v) is 3.52. The molecule has 3 nitrogen and oxygen atoms in total. The molecule has 0 spiro atoms. The summed E-state index contributed by atoms with van der Waals surface area (Å²) in [6.07, 6.45) is 2.31. The Hall–Kier alpha value is -0.120. The average molecular weight is 158 g/mol. The Labute approximate surface area is 66.3 Å². The zero-order valence-electron chi connectivity index (χ0n) is 6.75. The van der Waals surface area contributed by atoms with Crippen LogP contribution in [0.1, 0.15) is 19.8 Å². The van der Waals surface area contributed by atoms with Gasteiger partial charge < -0.3 is 14.6 Å². The number of hydrogen-bond donors (Lipinski definition) is 1. The van der Waals surface area contributed by atoms with E-state index in [4.69, 9.17) is 14.6 Å². The van der Waals surface area contributed by atoms with Gasteiger partial charge in [-0.15, -0.1) is 0 Å². The van der Waals surface area contributed by atoms with Crippen LogP contribution in [0.2, 0.25) is 0 Å². The summed E-state index contributed by atoms with van der Waals surface area (Å²) >= 11 is 0. The van der Waals surface area contributed by atoms with E-state index in [1.807, 2.05) is 6.92 Å². The molecule has 0 radical (unpaired) electrons. The third kappa shape index (κ3) is 1.28. The molecular formula is C8H14O3. The summed E-state index contributed by atoms with van der Waals surface area (Å²) in [4.78, 5) is 0. The van der Waals surface area contributed by atoms with Gasteiger partial charge in [-0.05, 0) is 19.8 Å². The molecule has 2 rings (SSSR count). The van der Waals surface area contributed by atoms with Crippen LogP contribution < -0.4 is 0 Å². The quantitative estimate of drug-likeness (QED) is 0.636. The van der Waals surface area contributed by atoms with E-state index in [0.29, 0.717) is 12.5 Å². The fourth-order valence-electron chi connectivity index (χ4n) is 1.57. The van der Waals surface area contributed by atoms with Crippen molar-refractivity contribution in [3.8, 4) is 0 Å². The lowest BCUT2D eigenvalue weighted by atomic mass is 10.2. The molecule has 2 fully saturated rings. The normalized spacial score (nSPS) is 44.7. The highest BCUT2D eigenvalue weighted by Crippen LogP contribution is 2.45.